The van der Waals surface area contributed by atoms with E-state index in [0.717, 1.165) is 22.3 Å². The first kappa shape index (κ1) is 90.0. The molecule has 3 amide bonds. The van der Waals surface area contributed by atoms with Crippen LogP contribution in [0.2, 0.25) is 0 Å². The van der Waals surface area contributed by atoms with Crippen molar-refractivity contribution in [1.82, 2.24) is 58.6 Å². The van der Waals surface area contributed by atoms with Crippen LogP contribution in [-0.2, 0) is 79.1 Å². The molecule has 125 heavy (non-hydrogen) atoms. The van der Waals surface area contributed by atoms with Gasteiger partial charge in [0.1, 0.15) is 42.3 Å². The number of imidazole rings is 3. The standard InChI is InChI=1S/C33H40N6O4.C31H35FN6O4.C29H38N6O5/c1-33(2,3)43-32(42)39(20-24-15-17-26(18-16-24)25-13-9-6-10-14-25)31-35-29(37(4)19-23-11-7-5-8-12-23)28-30(36-31)38(22-34-28)21-27(40)41;1-31(2,3)42-30(41)38(17-20-9-11-22(12-10-20)21-7-5-4-6-8-21)29-35-27(34-24-15-13-23(32)14-16-24)26-28(36-29)37(19-33-26)18-25(39)40;1-29(2,3)40-28(38)35(17-20-9-11-22(12-10-20)21-7-5-4-6-8-21)27-31-25(33-13-15-39-16-14-33)24-26(32-27)34(19-30-24)18-23(36)37/h5,7-8,11-12,15-18,22,25H,6,9-10,13-14,19-21H2,1-4H3,(H,40,41);9-16,19,21H,4-8,17-18H2,1-3H3,(H,39,40)(H,34,35,36);9-12,19,21H,4-8,13-18H2,1-3H3,(H,36,37). The van der Waals surface area contributed by atoms with Gasteiger partial charge in [0, 0.05) is 32.4 Å². The Bertz CT molecular complexity index is 5530. The van der Waals surface area contributed by atoms with Crippen LogP contribution >= 0.6 is 0 Å². The van der Waals surface area contributed by atoms with Crippen LogP contribution in [-0.4, -0.2) is 160 Å². The van der Waals surface area contributed by atoms with Crippen molar-refractivity contribution >= 4 is 111 Å². The van der Waals surface area contributed by atoms with Gasteiger partial charge in [-0.3, -0.25) is 14.4 Å². The van der Waals surface area contributed by atoms with E-state index in [2.05, 4.69) is 95.9 Å². The smallest absolute Gasteiger partial charge is 0.417 e. The molecule has 1 saturated heterocycles. The Balaban J connectivity index is 0.000000161. The van der Waals surface area contributed by atoms with E-state index in [1.54, 1.807) is 20.8 Å². The van der Waals surface area contributed by atoms with E-state index in [-0.39, 0.29) is 62.0 Å². The van der Waals surface area contributed by atoms with E-state index in [1.165, 1.54) is 185 Å². The molecule has 11 aromatic rings. The number of benzene rings is 5. The van der Waals surface area contributed by atoms with Crippen molar-refractivity contribution in [2.45, 2.75) is 239 Å². The molecule has 1 aliphatic heterocycles. The Hall–Kier alpha value is -12.7. The maximum absolute atomic E-state index is 13.7. The van der Waals surface area contributed by atoms with Crippen molar-refractivity contribution in [3.63, 3.8) is 0 Å². The minimum absolute atomic E-state index is 0.00450. The van der Waals surface area contributed by atoms with Gasteiger partial charge in [-0.15, -0.1) is 0 Å². The number of nitrogens with one attached hydrogen (secondary N) is 1. The van der Waals surface area contributed by atoms with Crippen molar-refractivity contribution < 1.29 is 67.4 Å². The number of aliphatic carboxylic acids is 3. The van der Waals surface area contributed by atoms with E-state index in [4.69, 9.17) is 33.9 Å². The normalized spacial score (nSPS) is 14.9. The number of rotatable bonds is 24. The molecule has 0 unspecified atom stereocenters. The van der Waals surface area contributed by atoms with Gasteiger partial charge in [0.25, 0.3) is 0 Å². The second-order valence-electron chi connectivity index (χ2n) is 35.4. The number of carbonyl (C=O) groups excluding carboxylic acids is 3. The summed E-state index contributed by atoms with van der Waals surface area (Å²) < 4.78 is 40.7. The van der Waals surface area contributed by atoms with Crippen LogP contribution in [0.15, 0.2) is 146 Å². The second kappa shape index (κ2) is 40.3. The first-order valence-corrected chi connectivity index (χ1v) is 43.0. The Morgan fingerprint density at radius 2 is 0.784 bits per heavy atom. The fourth-order valence-corrected chi connectivity index (χ4v) is 16.0. The van der Waals surface area contributed by atoms with Crippen LogP contribution in [0, 0.1) is 5.82 Å². The topological polar surface area (TPSA) is 359 Å². The van der Waals surface area contributed by atoms with Gasteiger partial charge in [-0.1, -0.05) is 161 Å². The lowest BCUT2D eigenvalue weighted by Gasteiger charge is -2.30. The first-order chi connectivity index (χ1) is 59.8. The number of carboxylic acid groups (broad SMARTS) is 3. The minimum Gasteiger partial charge on any atom is -0.480 e. The van der Waals surface area contributed by atoms with Gasteiger partial charge in [-0.2, -0.15) is 29.9 Å². The zero-order valence-electron chi connectivity index (χ0n) is 72.9. The van der Waals surface area contributed by atoms with Gasteiger partial charge in [-0.05, 0) is 182 Å². The Labute approximate surface area is 726 Å². The number of nitrogens with zero attached hydrogens (tertiary/aromatic N) is 17. The number of hydrogen-bond donors (Lipinski definition) is 4. The van der Waals surface area contributed by atoms with Gasteiger partial charge in [0.15, 0.2) is 50.9 Å². The number of morpholine rings is 1. The summed E-state index contributed by atoms with van der Waals surface area (Å²) in [4.78, 5) is 125. The molecule has 5 aromatic carbocycles. The molecule has 0 bridgehead atoms. The van der Waals surface area contributed by atoms with Crippen LogP contribution in [0.5, 0.6) is 0 Å². The largest absolute Gasteiger partial charge is 0.480 e. The van der Waals surface area contributed by atoms with Gasteiger partial charge in [0.05, 0.1) is 51.8 Å². The average molecular weight is 1710 g/mol. The van der Waals surface area contributed by atoms with Crippen LogP contribution in [0.4, 0.5) is 59.8 Å². The number of fused-ring (bicyclic) bond motifs is 3. The number of aromatic nitrogens is 12. The van der Waals surface area contributed by atoms with Gasteiger partial charge >= 0.3 is 36.2 Å². The molecule has 4 aliphatic rings. The molecule has 0 radical (unpaired) electrons. The third-order valence-electron chi connectivity index (χ3n) is 22.0. The molecular formula is C93H113FN18O13. The Morgan fingerprint density at radius 1 is 0.432 bits per heavy atom. The molecule has 4 fully saturated rings. The Morgan fingerprint density at radius 3 is 1.18 bits per heavy atom. The van der Waals surface area contributed by atoms with Crippen LogP contribution in [0.3, 0.4) is 0 Å². The highest BCUT2D eigenvalue weighted by atomic mass is 19.1. The van der Waals surface area contributed by atoms with E-state index in [9.17, 15) is 48.5 Å². The predicted molar refractivity (Wildman–Crippen MR) is 474 cm³/mol. The van der Waals surface area contributed by atoms with Crippen molar-refractivity contribution in [3.05, 3.63) is 191 Å². The molecular weight excluding hydrogens is 1600 g/mol. The lowest BCUT2D eigenvalue weighted by molar-refractivity contribution is -0.138. The zero-order valence-corrected chi connectivity index (χ0v) is 72.9. The number of hydrogen-bond acceptors (Lipinski definition) is 22. The number of amides is 3. The number of ether oxygens (including phenoxy) is 4. The van der Waals surface area contributed by atoms with E-state index in [1.807, 2.05) is 101 Å². The fourth-order valence-electron chi connectivity index (χ4n) is 16.0. The lowest BCUT2D eigenvalue weighted by Crippen LogP contribution is -2.39. The van der Waals surface area contributed by atoms with Gasteiger partial charge in [-0.25, -0.2) is 48.4 Å². The quantitative estimate of drug-likeness (QED) is 0.0408. The van der Waals surface area contributed by atoms with E-state index >= 15 is 0 Å². The summed E-state index contributed by atoms with van der Waals surface area (Å²) in [6.45, 7) is 18.4. The molecule has 32 heteroatoms. The molecule has 7 heterocycles. The summed E-state index contributed by atoms with van der Waals surface area (Å²) in [5, 5.41) is 31.6. The average Bonchev–Trinajstić information content (AvgIpc) is 1.67. The van der Waals surface area contributed by atoms with Crippen LogP contribution in [0.25, 0.3) is 33.5 Å². The summed E-state index contributed by atoms with van der Waals surface area (Å²) in [6, 6.07) is 40.7. The van der Waals surface area contributed by atoms with E-state index < -0.39 is 65.4 Å². The minimum atomic E-state index is -1.08. The molecule has 6 aromatic heterocycles. The fraction of sp³-hybridized carbons (Fsp3) is 0.452. The van der Waals surface area contributed by atoms with Crippen molar-refractivity contribution in [3.8, 4) is 0 Å². The SMILES string of the molecule is CC(C)(C)OC(=O)N(Cc1ccc(C2CCCCC2)cc1)c1nc(N2CCOCC2)c2ncn(CC(=O)O)c2n1.CC(C)(C)OC(=O)N(Cc1ccc(C2CCCCC2)cc1)c1nc(Nc2ccc(F)cc2)c2ncn(CC(=O)O)c2n1.CN(Cc1ccccc1)c1nc(N(Cc2ccc(C3CCCCC3)cc2)C(=O)OC(C)(C)C)nc2c1ncn2CC(=O)O. The van der Waals surface area contributed by atoms with Crippen molar-refractivity contribution in [1.29, 1.82) is 0 Å². The van der Waals surface area contributed by atoms with Gasteiger partial charge in [0.2, 0.25) is 17.8 Å². The summed E-state index contributed by atoms with van der Waals surface area (Å²) in [5.41, 5.74) is 8.06. The molecule has 0 atom stereocenters. The predicted octanol–water partition coefficient (Wildman–Crippen LogP) is 18.1. The summed E-state index contributed by atoms with van der Waals surface area (Å²) in [5.74, 6) is -0.319. The number of carbonyl (C=O) groups is 6. The lowest BCUT2D eigenvalue weighted by atomic mass is 9.84. The monoisotopic (exact) mass is 1710 g/mol. The maximum Gasteiger partial charge on any atom is 0.417 e. The van der Waals surface area contributed by atoms with Crippen LogP contribution < -0.4 is 29.8 Å². The highest BCUT2D eigenvalue weighted by Gasteiger charge is 2.34. The molecule has 0 spiro atoms. The highest BCUT2D eigenvalue weighted by Crippen LogP contribution is 2.39. The zero-order chi connectivity index (χ0) is 88.7. The maximum atomic E-state index is 13.7. The van der Waals surface area contributed by atoms with Gasteiger partial charge < -0.3 is 63.1 Å². The van der Waals surface area contributed by atoms with Crippen LogP contribution in [0.1, 0.15) is 215 Å². The molecule has 660 valence electrons. The summed E-state index contributed by atoms with van der Waals surface area (Å²) in [6.07, 6.45) is 21.1. The van der Waals surface area contributed by atoms with Crippen molar-refractivity contribution in [2.24, 2.45) is 0 Å². The number of carboxylic acids is 3. The molecule has 4 N–H and O–H groups in total. The summed E-state index contributed by atoms with van der Waals surface area (Å²) >= 11 is 0. The summed E-state index contributed by atoms with van der Waals surface area (Å²) in [7, 11) is 1.89. The number of halogens is 1. The Kier molecular flexibility index (Phi) is 29.0. The molecule has 3 aliphatic carbocycles. The molecule has 15 rings (SSSR count). The number of anilines is 7. The second-order valence-corrected chi connectivity index (χ2v) is 35.4. The van der Waals surface area contributed by atoms with E-state index in [0.29, 0.717) is 95.8 Å². The third kappa shape index (κ3) is 24.4. The highest BCUT2D eigenvalue weighted by molar-refractivity contribution is 5.94. The molecule has 31 nitrogen and oxygen atoms in total. The third-order valence-corrected chi connectivity index (χ3v) is 22.0. The van der Waals surface area contributed by atoms with Crippen molar-refractivity contribution in [2.75, 3.05) is 63.2 Å². The first-order valence-electron chi connectivity index (χ1n) is 43.0. The molecule has 3 saturated carbocycles.